The highest BCUT2D eigenvalue weighted by Gasteiger charge is 2.35. The lowest BCUT2D eigenvalue weighted by Crippen LogP contribution is -2.43. The molecular weight excluding hydrogens is 264 g/mol. The van der Waals surface area contributed by atoms with Crippen LogP contribution >= 0.6 is 0 Å². The molecule has 1 aliphatic heterocycles. The van der Waals surface area contributed by atoms with Gasteiger partial charge in [-0.1, -0.05) is 30.3 Å². The normalized spacial score (nSPS) is 29.7. The molecule has 2 aliphatic rings. The topological polar surface area (TPSA) is 50.4 Å². The number of amides is 1. The molecule has 21 heavy (non-hydrogen) atoms. The SMILES string of the molecule is COC(C(=O)NC1CC[C@H]2CNC[C@H]2C1)c1ccccc1. The molecule has 1 amide bonds. The van der Waals surface area contributed by atoms with Crippen LogP contribution in [0.4, 0.5) is 0 Å². The number of carbonyl (C=O) groups excluding carboxylic acids is 1. The Bertz CT molecular complexity index is 477. The maximum Gasteiger partial charge on any atom is 0.253 e. The summed E-state index contributed by atoms with van der Waals surface area (Å²) < 4.78 is 5.40. The van der Waals surface area contributed by atoms with Crippen LogP contribution < -0.4 is 10.6 Å². The van der Waals surface area contributed by atoms with Gasteiger partial charge in [0.15, 0.2) is 6.10 Å². The molecule has 0 aromatic heterocycles. The summed E-state index contributed by atoms with van der Waals surface area (Å²) in [6.07, 6.45) is 2.88. The third-order valence-corrected chi connectivity index (χ3v) is 4.88. The Labute approximate surface area is 126 Å². The molecule has 2 unspecified atom stereocenters. The number of fused-ring (bicyclic) bond motifs is 1. The van der Waals surface area contributed by atoms with Gasteiger partial charge in [0.1, 0.15) is 0 Å². The molecule has 0 bridgehead atoms. The molecule has 2 N–H and O–H groups in total. The first-order valence-electron chi connectivity index (χ1n) is 7.86. The summed E-state index contributed by atoms with van der Waals surface area (Å²) in [4.78, 5) is 12.5. The quantitative estimate of drug-likeness (QED) is 0.889. The maximum atomic E-state index is 12.5. The zero-order chi connectivity index (χ0) is 14.7. The molecule has 114 valence electrons. The van der Waals surface area contributed by atoms with E-state index in [9.17, 15) is 4.79 Å². The van der Waals surface area contributed by atoms with Crippen LogP contribution in [0.25, 0.3) is 0 Å². The minimum Gasteiger partial charge on any atom is -0.367 e. The number of hydrogen-bond donors (Lipinski definition) is 2. The average molecular weight is 288 g/mol. The van der Waals surface area contributed by atoms with Crippen LogP contribution in [0.5, 0.6) is 0 Å². The fraction of sp³-hybridized carbons (Fsp3) is 0.588. The summed E-state index contributed by atoms with van der Waals surface area (Å²) in [5, 5.41) is 6.65. The van der Waals surface area contributed by atoms with Crippen LogP contribution in [0.2, 0.25) is 0 Å². The van der Waals surface area contributed by atoms with Crippen molar-refractivity contribution in [2.75, 3.05) is 20.2 Å². The second kappa shape index (κ2) is 6.58. The Morgan fingerprint density at radius 2 is 2.00 bits per heavy atom. The molecule has 1 saturated heterocycles. The van der Waals surface area contributed by atoms with E-state index in [0.717, 1.165) is 43.3 Å². The van der Waals surface area contributed by atoms with Crippen LogP contribution in [0.1, 0.15) is 30.9 Å². The summed E-state index contributed by atoms with van der Waals surface area (Å²) >= 11 is 0. The summed E-state index contributed by atoms with van der Waals surface area (Å²) in [6.45, 7) is 2.25. The molecule has 4 heteroatoms. The lowest BCUT2D eigenvalue weighted by molar-refractivity contribution is -0.132. The minimum absolute atomic E-state index is 0.0156. The average Bonchev–Trinajstić information content (AvgIpc) is 2.96. The van der Waals surface area contributed by atoms with Crippen molar-refractivity contribution in [3.8, 4) is 0 Å². The van der Waals surface area contributed by atoms with Crippen molar-refractivity contribution < 1.29 is 9.53 Å². The highest BCUT2D eigenvalue weighted by Crippen LogP contribution is 2.32. The summed E-state index contributed by atoms with van der Waals surface area (Å²) in [5.74, 6) is 1.52. The first kappa shape index (κ1) is 14.5. The largest absolute Gasteiger partial charge is 0.367 e. The number of ether oxygens (including phenoxy) is 1. The van der Waals surface area contributed by atoms with Crippen LogP contribution in [0.3, 0.4) is 0 Å². The first-order chi connectivity index (χ1) is 10.3. The molecule has 1 aromatic carbocycles. The van der Waals surface area contributed by atoms with Gasteiger partial charge in [0, 0.05) is 13.2 Å². The van der Waals surface area contributed by atoms with Gasteiger partial charge in [0.25, 0.3) is 5.91 Å². The summed E-state index contributed by atoms with van der Waals surface area (Å²) in [7, 11) is 1.59. The van der Waals surface area contributed by atoms with E-state index in [0.29, 0.717) is 6.04 Å². The molecular formula is C17H24N2O2. The van der Waals surface area contributed by atoms with Crippen molar-refractivity contribution in [2.45, 2.75) is 31.4 Å². The molecule has 1 saturated carbocycles. The minimum atomic E-state index is -0.509. The van der Waals surface area contributed by atoms with E-state index in [2.05, 4.69) is 10.6 Å². The lowest BCUT2D eigenvalue weighted by atomic mass is 9.79. The molecule has 1 aromatic rings. The highest BCUT2D eigenvalue weighted by molar-refractivity contribution is 5.82. The Kier molecular flexibility index (Phi) is 4.56. The van der Waals surface area contributed by atoms with Crippen LogP contribution in [-0.4, -0.2) is 32.1 Å². The van der Waals surface area contributed by atoms with Gasteiger partial charge in [-0.3, -0.25) is 4.79 Å². The van der Waals surface area contributed by atoms with E-state index in [4.69, 9.17) is 4.74 Å². The third kappa shape index (κ3) is 3.27. The molecule has 1 aliphatic carbocycles. The Hall–Kier alpha value is -1.39. The fourth-order valence-electron chi connectivity index (χ4n) is 3.73. The molecule has 3 rings (SSSR count). The van der Waals surface area contributed by atoms with E-state index in [1.165, 1.54) is 6.42 Å². The zero-order valence-corrected chi connectivity index (χ0v) is 12.5. The molecule has 0 radical (unpaired) electrons. The number of hydrogen-bond acceptors (Lipinski definition) is 3. The van der Waals surface area contributed by atoms with E-state index in [1.54, 1.807) is 7.11 Å². The predicted octanol–water partition coefficient (Wildman–Crippen LogP) is 1.88. The highest BCUT2D eigenvalue weighted by atomic mass is 16.5. The van der Waals surface area contributed by atoms with Gasteiger partial charge < -0.3 is 15.4 Å². The Morgan fingerprint density at radius 3 is 2.76 bits per heavy atom. The number of nitrogens with one attached hydrogen (secondary N) is 2. The van der Waals surface area contributed by atoms with Gasteiger partial charge in [-0.05, 0) is 49.8 Å². The van der Waals surface area contributed by atoms with Gasteiger partial charge in [-0.25, -0.2) is 0 Å². The van der Waals surface area contributed by atoms with E-state index >= 15 is 0 Å². The molecule has 4 atom stereocenters. The summed E-state index contributed by atoms with van der Waals surface area (Å²) in [6, 6.07) is 9.98. The number of carbonyl (C=O) groups is 1. The maximum absolute atomic E-state index is 12.5. The molecule has 1 heterocycles. The van der Waals surface area contributed by atoms with Crippen LogP contribution in [0, 0.1) is 11.8 Å². The number of benzene rings is 1. The Balaban J connectivity index is 1.60. The van der Waals surface area contributed by atoms with Crippen LogP contribution in [-0.2, 0) is 9.53 Å². The van der Waals surface area contributed by atoms with Gasteiger partial charge in [0.2, 0.25) is 0 Å². The van der Waals surface area contributed by atoms with Crippen molar-refractivity contribution in [1.29, 1.82) is 0 Å². The van der Waals surface area contributed by atoms with E-state index in [1.807, 2.05) is 30.3 Å². The molecule has 4 nitrogen and oxygen atoms in total. The van der Waals surface area contributed by atoms with Gasteiger partial charge in [0.05, 0.1) is 0 Å². The monoisotopic (exact) mass is 288 g/mol. The van der Waals surface area contributed by atoms with E-state index in [-0.39, 0.29) is 5.91 Å². The van der Waals surface area contributed by atoms with Crippen LogP contribution in [0.15, 0.2) is 30.3 Å². The second-order valence-corrected chi connectivity index (χ2v) is 6.22. The van der Waals surface area contributed by atoms with Crippen molar-refractivity contribution in [1.82, 2.24) is 10.6 Å². The smallest absolute Gasteiger partial charge is 0.253 e. The van der Waals surface area contributed by atoms with Crippen molar-refractivity contribution >= 4 is 5.91 Å². The zero-order valence-electron chi connectivity index (χ0n) is 12.5. The molecule has 2 fully saturated rings. The van der Waals surface area contributed by atoms with Crippen molar-refractivity contribution in [2.24, 2.45) is 11.8 Å². The predicted molar refractivity (Wildman–Crippen MR) is 81.8 cm³/mol. The lowest BCUT2D eigenvalue weighted by Gasteiger charge is -2.32. The first-order valence-corrected chi connectivity index (χ1v) is 7.86. The van der Waals surface area contributed by atoms with Crippen molar-refractivity contribution in [3.63, 3.8) is 0 Å². The van der Waals surface area contributed by atoms with Gasteiger partial charge >= 0.3 is 0 Å². The third-order valence-electron chi connectivity index (χ3n) is 4.88. The van der Waals surface area contributed by atoms with E-state index < -0.39 is 6.10 Å². The van der Waals surface area contributed by atoms with Crippen molar-refractivity contribution in [3.05, 3.63) is 35.9 Å². The Morgan fingerprint density at radius 1 is 1.24 bits per heavy atom. The standard InChI is InChI=1S/C17H24N2O2/c1-21-16(12-5-3-2-4-6-12)17(20)19-15-8-7-13-10-18-11-14(13)9-15/h2-6,13-16,18H,7-11H2,1H3,(H,19,20)/t13-,14+,15?,16?/m0/s1. The number of methoxy groups -OCH3 is 1. The number of rotatable bonds is 4. The van der Waals surface area contributed by atoms with Gasteiger partial charge in [-0.15, -0.1) is 0 Å². The fourth-order valence-corrected chi connectivity index (χ4v) is 3.73. The molecule has 0 spiro atoms. The summed E-state index contributed by atoms with van der Waals surface area (Å²) in [5.41, 5.74) is 0.911. The second-order valence-electron chi connectivity index (χ2n) is 6.22. The van der Waals surface area contributed by atoms with Gasteiger partial charge in [-0.2, -0.15) is 0 Å².